The van der Waals surface area contributed by atoms with Crippen LogP contribution >= 0.6 is 0 Å². The smallest absolute Gasteiger partial charge is 0.308 e. The first-order valence-electron chi connectivity index (χ1n) is 16.0. The Hall–Kier alpha value is -2.85. The van der Waals surface area contributed by atoms with E-state index in [9.17, 15) is 19.5 Å². The lowest BCUT2D eigenvalue weighted by molar-refractivity contribution is -0.870. The van der Waals surface area contributed by atoms with E-state index in [2.05, 4.69) is 33.0 Å². The number of likely N-dealkylation sites (tertiary alicyclic amines) is 2. The van der Waals surface area contributed by atoms with Crippen molar-refractivity contribution in [3.63, 3.8) is 0 Å². The number of aliphatic carboxylic acids is 1. The monoisotopic (exact) mass is 601 g/mol. The highest BCUT2D eigenvalue weighted by atomic mass is 16.7. The molecule has 0 spiro atoms. The van der Waals surface area contributed by atoms with Gasteiger partial charge in [0.25, 0.3) is 0 Å². The summed E-state index contributed by atoms with van der Waals surface area (Å²) in [6.07, 6.45) is 5.22. The van der Waals surface area contributed by atoms with Crippen LogP contribution in [0.4, 0.5) is 0 Å². The van der Waals surface area contributed by atoms with Crippen molar-refractivity contribution >= 4 is 17.8 Å². The molecule has 0 aliphatic carbocycles. The molecule has 10 heteroatoms. The summed E-state index contributed by atoms with van der Waals surface area (Å²) in [5.41, 5.74) is 0.483. The zero-order chi connectivity index (χ0) is 31.4. The Kier molecular flexibility index (Phi) is 10.6. The van der Waals surface area contributed by atoms with Gasteiger partial charge in [-0.2, -0.15) is 0 Å². The second kappa shape index (κ2) is 13.8. The highest BCUT2D eigenvalue weighted by Gasteiger charge is 2.48. The normalized spacial score (nSPS) is 23.3. The van der Waals surface area contributed by atoms with Crippen LogP contribution < -0.4 is 9.47 Å². The molecule has 0 radical (unpaired) electrons. The number of hydrogen-bond donors (Lipinski definition) is 1. The number of ether oxygens (including phenoxy) is 2. The first-order valence-corrected chi connectivity index (χ1v) is 16.0. The molecule has 2 fully saturated rings. The molecule has 240 valence electrons. The van der Waals surface area contributed by atoms with Crippen molar-refractivity contribution in [1.82, 2.24) is 14.7 Å². The Labute approximate surface area is 257 Å². The Balaban J connectivity index is 1.54. The molecule has 3 heterocycles. The largest absolute Gasteiger partial charge is 0.481 e. The lowest BCUT2D eigenvalue weighted by atomic mass is 9.84. The molecule has 10 nitrogen and oxygen atoms in total. The van der Waals surface area contributed by atoms with Gasteiger partial charge in [-0.1, -0.05) is 33.3 Å². The van der Waals surface area contributed by atoms with Crippen LogP contribution in [0.1, 0.15) is 70.8 Å². The molecule has 43 heavy (non-hydrogen) atoms. The van der Waals surface area contributed by atoms with Crippen molar-refractivity contribution in [2.75, 3.05) is 73.7 Å². The Bertz CT molecular complexity index is 1150. The summed E-state index contributed by atoms with van der Waals surface area (Å²) in [7, 11) is 6.54. The molecule has 1 unspecified atom stereocenters. The number of carboxylic acid groups (broad SMARTS) is 1. The van der Waals surface area contributed by atoms with Crippen molar-refractivity contribution in [3.8, 4) is 11.5 Å². The summed E-state index contributed by atoms with van der Waals surface area (Å²) >= 11 is 0. The van der Waals surface area contributed by atoms with Gasteiger partial charge in [-0.05, 0) is 49.8 Å². The number of fused-ring (bicyclic) bond motifs is 1. The fraction of sp³-hybridized carbons (Fsp3) is 0.727. The highest BCUT2D eigenvalue weighted by Crippen LogP contribution is 2.43. The van der Waals surface area contributed by atoms with Crippen molar-refractivity contribution in [2.45, 2.75) is 71.3 Å². The average Bonchev–Trinajstić information content (AvgIpc) is 3.62. The van der Waals surface area contributed by atoms with Crippen molar-refractivity contribution in [2.24, 2.45) is 11.3 Å². The maximum absolute atomic E-state index is 13.8. The number of unbranched alkanes of at least 4 members (excludes halogenated alkanes) is 2. The van der Waals surface area contributed by atoms with Gasteiger partial charge >= 0.3 is 5.97 Å². The highest BCUT2D eigenvalue weighted by molar-refractivity contribution is 5.84. The zero-order valence-electron chi connectivity index (χ0n) is 27.1. The maximum atomic E-state index is 13.8. The lowest BCUT2D eigenvalue weighted by Gasteiger charge is -2.31. The quantitative estimate of drug-likeness (QED) is 0.242. The van der Waals surface area contributed by atoms with Crippen LogP contribution in [0.25, 0.3) is 0 Å². The van der Waals surface area contributed by atoms with Gasteiger partial charge in [0.15, 0.2) is 11.5 Å². The number of benzene rings is 1. The number of hydrogen-bond acceptors (Lipinski definition) is 6. The van der Waals surface area contributed by atoms with Crippen molar-refractivity contribution in [3.05, 3.63) is 23.8 Å². The van der Waals surface area contributed by atoms with Crippen molar-refractivity contribution < 1.29 is 33.4 Å². The second-order valence-electron chi connectivity index (χ2n) is 14.3. The van der Waals surface area contributed by atoms with Gasteiger partial charge in [0, 0.05) is 50.1 Å². The third-order valence-corrected chi connectivity index (χ3v) is 9.41. The molecule has 0 bridgehead atoms. The van der Waals surface area contributed by atoms with Crippen LogP contribution in [0.3, 0.4) is 0 Å². The molecule has 4 rings (SSSR count). The first kappa shape index (κ1) is 33.1. The lowest BCUT2D eigenvalue weighted by Crippen LogP contribution is -2.46. The Morgan fingerprint density at radius 1 is 1.09 bits per heavy atom. The van der Waals surface area contributed by atoms with Crippen LogP contribution in [-0.4, -0.2) is 122 Å². The molecule has 0 aromatic heterocycles. The molecular formula is C33H53N4O6+. The summed E-state index contributed by atoms with van der Waals surface area (Å²) in [4.78, 5) is 45.6. The predicted molar refractivity (Wildman–Crippen MR) is 165 cm³/mol. The van der Waals surface area contributed by atoms with Gasteiger partial charge in [-0.25, -0.2) is 0 Å². The molecule has 3 aliphatic rings. The number of amides is 2. The predicted octanol–water partition coefficient (Wildman–Crippen LogP) is 3.65. The number of carbonyl (C=O) groups is 3. The Morgan fingerprint density at radius 3 is 2.47 bits per heavy atom. The molecule has 3 atom stereocenters. The van der Waals surface area contributed by atoms with E-state index in [-0.39, 0.29) is 37.1 Å². The minimum atomic E-state index is -0.876. The summed E-state index contributed by atoms with van der Waals surface area (Å²) < 4.78 is 12.0. The SMILES string of the molecule is CCCCN(CCCC[N+](C)(C)C)C(=O)CN1C[C@H](c2ccc3c(c2)OCO3)C(C(=O)O)[C@@H]1CCN1CCC(C)(C)C1=O. The van der Waals surface area contributed by atoms with Crippen LogP contribution in [0.2, 0.25) is 0 Å². The fourth-order valence-corrected chi connectivity index (χ4v) is 6.76. The number of quaternary nitrogens is 1. The number of carboxylic acids is 1. The minimum absolute atomic E-state index is 0.0533. The topological polar surface area (TPSA) is 99.6 Å². The summed E-state index contributed by atoms with van der Waals surface area (Å²) in [6, 6.07) is 5.27. The van der Waals surface area contributed by atoms with E-state index in [4.69, 9.17) is 9.47 Å². The van der Waals surface area contributed by atoms with Gasteiger partial charge in [-0.3, -0.25) is 19.3 Å². The van der Waals surface area contributed by atoms with E-state index in [0.29, 0.717) is 50.6 Å². The number of carbonyl (C=O) groups excluding carboxylic acids is 2. The number of rotatable bonds is 15. The van der Waals surface area contributed by atoms with Gasteiger partial charge in [0.1, 0.15) is 0 Å². The summed E-state index contributed by atoms with van der Waals surface area (Å²) in [6.45, 7) is 10.5. The van der Waals surface area contributed by atoms with E-state index in [1.165, 1.54) is 0 Å². The second-order valence-corrected chi connectivity index (χ2v) is 14.3. The van der Waals surface area contributed by atoms with E-state index in [1.807, 2.05) is 41.8 Å². The first-order chi connectivity index (χ1) is 20.3. The van der Waals surface area contributed by atoms with Crippen LogP contribution in [0.5, 0.6) is 11.5 Å². The van der Waals surface area contributed by atoms with E-state index in [0.717, 1.165) is 48.7 Å². The van der Waals surface area contributed by atoms with E-state index < -0.39 is 17.3 Å². The molecule has 0 saturated carbocycles. The fourth-order valence-electron chi connectivity index (χ4n) is 6.76. The molecule has 1 N–H and O–H groups in total. The van der Waals surface area contributed by atoms with Gasteiger partial charge < -0.3 is 28.9 Å². The molecular weight excluding hydrogens is 548 g/mol. The van der Waals surface area contributed by atoms with Gasteiger partial charge in [0.2, 0.25) is 18.6 Å². The molecule has 1 aromatic carbocycles. The summed E-state index contributed by atoms with van der Waals surface area (Å²) in [5.74, 6) is -0.457. The van der Waals surface area contributed by atoms with Crippen LogP contribution in [0, 0.1) is 11.3 Å². The van der Waals surface area contributed by atoms with Crippen LogP contribution in [-0.2, 0) is 14.4 Å². The number of nitrogens with zero attached hydrogens (tertiary/aromatic N) is 4. The zero-order valence-corrected chi connectivity index (χ0v) is 27.1. The maximum Gasteiger partial charge on any atom is 0.308 e. The molecule has 2 saturated heterocycles. The Morgan fingerprint density at radius 2 is 1.81 bits per heavy atom. The minimum Gasteiger partial charge on any atom is -0.481 e. The average molecular weight is 602 g/mol. The molecule has 1 aromatic rings. The third kappa shape index (κ3) is 8.20. The van der Waals surface area contributed by atoms with Gasteiger partial charge in [0.05, 0.1) is 40.2 Å². The van der Waals surface area contributed by atoms with Crippen LogP contribution in [0.15, 0.2) is 18.2 Å². The standard InChI is InChI=1S/C33H52N4O6/c1-7-8-15-34(16-9-10-19-37(4,5)6)29(38)22-36-21-25(24-11-12-27-28(20-24)43-23-42-27)30(31(39)40)26(36)13-17-35-18-14-33(2,3)32(35)41/h11-12,20,25-26,30H,7-10,13-19,21-23H2,1-6H3/p+1/t25-,26+,30?/m1/s1. The third-order valence-electron chi connectivity index (χ3n) is 9.41. The van der Waals surface area contributed by atoms with Crippen molar-refractivity contribution in [1.29, 1.82) is 0 Å². The summed E-state index contributed by atoms with van der Waals surface area (Å²) in [5, 5.41) is 10.6. The molecule has 2 amide bonds. The van der Waals surface area contributed by atoms with Gasteiger partial charge in [-0.15, -0.1) is 0 Å². The van der Waals surface area contributed by atoms with E-state index >= 15 is 0 Å². The molecule has 3 aliphatic heterocycles. The van der Waals surface area contributed by atoms with E-state index in [1.54, 1.807) is 0 Å².